The number of aliphatic carboxylic acids is 1. The van der Waals surface area contributed by atoms with Crippen LogP contribution < -0.4 is 15.4 Å². The summed E-state index contributed by atoms with van der Waals surface area (Å²) in [5.74, 6) is -4.25. The van der Waals surface area contributed by atoms with Crippen LogP contribution >= 0.6 is 0 Å². The highest BCUT2D eigenvalue weighted by Gasteiger charge is 2.31. The number of hydrogen-bond acceptors (Lipinski definition) is 8. The third kappa shape index (κ3) is 11.7. The minimum Gasteiger partial charge on any atom is -0.481 e. The molecule has 2 atom stereocenters. The number of rotatable bonds is 5. The van der Waals surface area contributed by atoms with Gasteiger partial charge in [0.25, 0.3) is 0 Å². The van der Waals surface area contributed by atoms with E-state index in [9.17, 15) is 32.7 Å². The van der Waals surface area contributed by atoms with E-state index in [0.717, 1.165) is 58.3 Å². The van der Waals surface area contributed by atoms with Gasteiger partial charge in [0.1, 0.15) is 5.78 Å². The van der Waals surface area contributed by atoms with Gasteiger partial charge in [0.15, 0.2) is 0 Å². The number of ketones is 1. The topological polar surface area (TPSA) is 165 Å². The summed E-state index contributed by atoms with van der Waals surface area (Å²) in [5, 5.41) is 15.9. The molecule has 0 spiro atoms. The number of Topliss-reactive ketones (excluding diaryl/α,β-unsaturated/α-hetero) is 1. The number of carbonyl (C=O) groups is 4. The highest BCUT2D eigenvalue weighted by atomic mass is 32.2. The number of benzene rings is 2. The average Bonchev–Trinajstić information content (AvgIpc) is 3.07. The fourth-order valence-electron chi connectivity index (χ4n) is 6.93. The fraction of sp³-hybridized carbons (Fsp3) is 0.556. The molecular weight excluding hydrogens is 646 g/mol. The first-order valence-corrected chi connectivity index (χ1v) is 19.1. The number of carboxylic acids is 1. The first-order chi connectivity index (χ1) is 23.5. The van der Waals surface area contributed by atoms with E-state index in [1.165, 1.54) is 0 Å². The summed E-state index contributed by atoms with van der Waals surface area (Å²) in [4.78, 5) is 56.0. The zero-order valence-electron chi connectivity index (χ0n) is 28.1. The molecule has 6 bridgehead atoms. The van der Waals surface area contributed by atoms with E-state index >= 15 is 0 Å². The third-order valence-corrected chi connectivity index (χ3v) is 11.4. The molecule has 2 amide bonds. The van der Waals surface area contributed by atoms with Crippen molar-refractivity contribution in [2.45, 2.75) is 70.3 Å². The number of amides is 2. The predicted molar refractivity (Wildman–Crippen MR) is 188 cm³/mol. The minimum atomic E-state index is -3.83. The molecule has 1 saturated heterocycles. The zero-order chi connectivity index (χ0) is 34.8. The van der Waals surface area contributed by atoms with Crippen molar-refractivity contribution in [1.29, 1.82) is 0 Å². The maximum Gasteiger partial charge on any atom is 0.307 e. The number of hydrogen-bond donors (Lipinski definition) is 4. The molecule has 0 radical (unpaired) electrons. The van der Waals surface area contributed by atoms with Crippen molar-refractivity contribution in [3.63, 3.8) is 0 Å². The van der Waals surface area contributed by atoms with E-state index in [0.29, 0.717) is 48.4 Å². The molecule has 2 aromatic rings. The highest BCUT2D eigenvalue weighted by molar-refractivity contribution is 7.89. The summed E-state index contributed by atoms with van der Waals surface area (Å²) in [5.41, 5.74) is 2.61. The molecule has 6 aliphatic rings. The molecule has 2 fully saturated rings. The molecule has 8 rings (SSSR count). The van der Waals surface area contributed by atoms with Gasteiger partial charge in [-0.05, 0) is 61.1 Å². The SMILES string of the molecule is O=C1CCN2CCN(CCC(=O)Nc3ccc(cc3)C[C@@H](CS(=O)(=O)NC3CCCCC3)C(=O)C[C@H](C(=O)O)Cc3ccc(cc3)N1)CC2. The molecule has 0 unspecified atom stereocenters. The molecular formula is C36H49N5O7S. The number of sulfonamides is 1. The number of carboxylic acid groups (broad SMARTS) is 1. The third-order valence-electron chi connectivity index (χ3n) is 9.84. The lowest BCUT2D eigenvalue weighted by atomic mass is 9.88. The molecule has 4 N–H and O–H groups in total. The summed E-state index contributed by atoms with van der Waals surface area (Å²) in [6.45, 7) is 4.51. The molecule has 49 heavy (non-hydrogen) atoms. The maximum absolute atomic E-state index is 13.8. The number of piperazine rings is 1. The van der Waals surface area contributed by atoms with Gasteiger partial charge in [-0.3, -0.25) is 19.2 Å². The molecule has 266 valence electrons. The molecule has 12 nitrogen and oxygen atoms in total. The van der Waals surface area contributed by atoms with Gasteiger partial charge in [-0.1, -0.05) is 43.5 Å². The lowest BCUT2D eigenvalue weighted by Crippen LogP contribution is -2.47. The van der Waals surface area contributed by atoms with Gasteiger partial charge in [-0.2, -0.15) is 0 Å². The Labute approximate surface area is 289 Å². The van der Waals surface area contributed by atoms with E-state index in [1.54, 1.807) is 48.5 Å². The van der Waals surface area contributed by atoms with Crippen LogP contribution in [0, 0.1) is 11.8 Å². The molecule has 0 aromatic heterocycles. The second kappa shape index (κ2) is 17.3. The Morgan fingerprint density at radius 2 is 1.20 bits per heavy atom. The van der Waals surface area contributed by atoms with E-state index in [-0.39, 0.29) is 37.1 Å². The van der Waals surface area contributed by atoms with E-state index in [1.807, 2.05) is 0 Å². The Balaban J connectivity index is 1.35. The van der Waals surface area contributed by atoms with E-state index < -0.39 is 39.4 Å². The van der Waals surface area contributed by atoms with Crippen LogP contribution in [0.4, 0.5) is 11.4 Å². The number of carbonyl (C=O) groups excluding carboxylic acids is 3. The van der Waals surface area contributed by atoms with Gasteiger partial charge < -0.3 is 25.5 Å². The number of anilines is 2. The quantitative estimate of drug-likeness (QED) is 0.368. The first-order valence-electron chi connectivity index (χ1n) is 17.5. The van der Waals surface area contributed by atoms with Crippen molar-refractivity contribution < 1.29 is 32.7 Å². The van der Waals surface area contributed by atoms with Gasteiger partial charge in [-0.15, -0.1) is 0 Å². The lowest BCUT2D eigenvalue weighted by molar-refractivity contribution is -0.144. The van der Waals surface area contributed by atoms with E-state index in [4.69, 9.17) is 0 Å². The maximum atomic E-state index is 13.8. The lowest BCUT2D eigenvalue weighted by Gasteiger charge is -2.34. The van der Waals surface area contributed by atoms with Crippen molar-refractivity contribution in [3.8, 4) is 0 Å². The van der Waals surface area contributed by atoms with Crippen molar-refractivity contribution in [1.82, 2.24) is 14.5 Å². The second-order valence-electron chi connectivity index (χ2n) is 13.7. The van der Waals surface area contributed by atoms with E-state index in [2.05, 4.69) is 25.2 Å². The minimum absolute atomic E-state index is 0.0788. The summed E-state index contributed by atoms with van der Waals surface area (Å²) in [6.07, 6.45) is 5.01. The molecule has 13 heteroatoms. The predicted octanol–water partition coefficient (Wildman–Crippen LogP) is 3.29. The van der Waals surface area contributed by atoms with Crippen molar-refractivity contribution in [3.05, 3.63) is 59.7 Å². The Bertz CT molecular complexity index is 1550. The largest absolute Gasteiger partial charge is 0.481 e. The molecule has 1 aliphatic carbocycles. The Kier molecular flexibility index (Phi) is 13.0. The van der Waals surface area contributed by atoms with Crippen molar-refractivity contribution >= 4 is 45.0 Å². The number of nitrogens with one attached hydrogen (secondary N) is 3. The van der Waals surface area contributed by atoms with Crippen LogP contribution in [0.1, 0.15) is 62.5 Å². The van der Waals surface area contributed by atoms with Gasteiger partial charge in [0.2, 0.25) is 21.8 Å². The van der Waals surface area contributed by atoms with Gasteiger partial charge >= 0.3 is 5.97 Å². The Morgan fingerprint density at radius 1 is 0.714 bits per heavy atom. The second-order valence-corrected chi connectivity index (χ2v) is 15.5. The first kappa shape index (κ1) is 36.6. The molecule has 5 aliphatic heterocycles. The average molecular weight is 696 g/mol. The van der Waals surface area contributed by atoms with Gasteiger partial charge in [-0.25, -0.2) is 13.1 Å². The van der Waals surface area contributed by atoms with Crippen LogP contribution in [-0.2, 0) is 42.0 Å². The summed E-state index contributed by atoms with van der Waals surface area (Å²) in [6, 6.07) is 13.8. The standard InChI is InChI=1S/C36H49N5O7S/c42-33-24-28(36(45)46)22-26-6-10-30(11-7-26)37-34(43)14-16-40-18-20-41(21-19-40)17-15-35(44)38-31-12-8-27(9-13-31)23-29(33)25-49(47,48)39-32-4-2-1-3-5-32/h6-13,28-29,32,39H,1-5,14-25H2,(H,37,43)(H,38,44)(H,45,46)/t28-,29+/m1/s1. The molecule has 1 saturated carbocycles. The van der Waals surface area contributed by atoms with Crippen LogP contribution in [0.5, 0.6) is 0 Å². The smallest absolute Gasteiger partial charge is 0.307 e. The van der Waals surface area contributed by atoms with Crippen LogP contribution in [0.15, 0.2) is 48.5 Å². The Morgan fingerprint density at radius 3 is 1.69 bits per heavy atom. The van der Waals surface area contributed by atoms with Gasteiger partial charge in [0.05, 0.1) is 11.7 Å². The van der Waals surface area contributed by atoms with Gasteiger partial charge in [0, 0.05) is 81.9 Å². The summed E-state index contributed by atoms with van der Waals surface area (Å²) in [7, 11) is -3.83. The van der Waals surface area contributed by atoms with Crippen LogP contribution in [-0.4, -0.2) is 98.0 Å². The molecule has 2 aromatic carbocycles. The van der Waals surface area contributed by atoms with Crippen LogP contribution in [0.2, 0.25) is 0 Å². The normalized spacial score (nSPS) is 25.5. The van der Waals surface area contributed by atoms with Crippen molar-refractivity contribution in [2.24, 2.45) is 11.8 Å². The summed E-state index contributed by atoms with van der Waals surface area (Å²) >= 11 is 0. The highest BCUT2D eigenvalue weighted by Crippen LogP contribution is 2.24. The molecule has 5 heterocycles. The number of nitrogens with zero attached hydrogens (tertiary/aromatic N) is 2. The number of fused-ring (bicyclic) bond motifs is 3. The van der Waals surface area contributed by atoms with Crippen LogP contribution in [0.25, 0.3) is 0 Å². The summed E-state index contributed by atoms with van der Waals surface area (Å²) < 4.78 is 29.5. The van der Waals surface area contributed by atoms with Crippen LogP contribution in [0.3, 0.4) is 0 Å². The Hall–Kier alpha value is -3.65. The zero-order valence-corrected chi connectivity index (χ0v) is 28.9. The van der Waals surface area contributed by atoms with Crippen molar-refractivity contribution in [2.75, 3.05) is 55.7 Å². The fourth-order valence-corrected chi connectivity index (χ4v) is 8.60. The monoisotopic (exact) mass is 695 g/mol.